The van der Waals surface area contributed by atoms with Crippen LogP contribution in [0.15, 0.2) is 48.7 Å². The second kappa shape index (κ2) is 8.44. The molecule has 0 atom stereocenters. The first-order valence-electron chi connectivity index (χ1n) is 8.87. The third-order valence-corrected chi connectivity index (χ3v) is 6.38. The van der Waals surface area contributed by atoms with Crippen LogP contribution in [0.5, 0.6) is 5.75 Å². The van der Waals surface area contributed by atoms with Crippen LogP contribution in [0.3, 0.4) is 0 Å². The summed E-state index contributed by atoms with van der Waals surface area (Å²) in [7, 11) is 1.51. The number of thiophene rings is 1. The minimum Gasteiger partial charge on any atom is -0.495 e. The molecule has 2 heterocycles. The van der Waals surface area contributed by atoms with Crippen LogP contribution in [0.1, 0.15) is 15.9 Å². The van der Waals surface area contributed by atoms with Crippen LogP contribution < -0.4 is 10.1 Å². The quantitative estimate of drug-likeness (QED) is 0.342. The van der Waals surface area contributed by atoms with Crippen LogP contribution in [0, 0.1) is 11.3 Å². The SMILES string of the molecule is COc1cc(Nc2c(C#N)cnc3cc(-c4ccc(C(=O)O)cc4)sc23)c(Cl)cc1Cl. The maximum atomic E-state index is 11.1. The van der Waals surface area contributed by atoms with Gasteiger partial charge in [-0.15, -0.1) is 11.3 Å². The molecule has 0 fully saturated rings. The number of nitriles is 1. The lowest BCUT2D eigenvalue weighted by atomic mass is 10.1. The third kappa shape index (κ3) is 4.01. The average molecular weight is 470 g/mol. The summed E-state index contributed by atoms with van der Waals surface area (Å²) in [5.41, 5.74) is 3.21. The highest BCUT2D eigenvalue weighted by atomic mass is 35.5. The number of carbonyl (C=O) groups is 1. The standard InChI is InChI=1S/C22H13Cl2N3O3S/c1-30-18-7-16(14(23)6-15(18)24)27-20-13(9-25)10-26-17-8-19(31-21(17)20)11-2-4-12(5-3-11)22(28)29/h2-8,10H,1H3,(H,26,27)(H,28,29). The van der Waals surface area contributed by atoms with Crippen molar-refractivity contribution in [1.82, 2.24) is 4.98 Å². The Hall–Kier alpha value is -3.31. The molecule has 0 aliphatic rings. The van der Waals surface area contributed by atoms with E-state index in [4.69, 9.17) is 33.0 Å². The van der Waals surface area contributed by atoms with Gasteiger partial charge >= 0.3 is 5.97 Å². The minimum atomic E-state index is -0.982. The van der Waals surface area contributed by atoms with Gasteiger partial charge < -0.3 is 15.2 Å². The van der Waals surface area contributed by atoms with E-state index in [1.54, 1.807) is 36.4 Å². The molecule has 0 amide bonds. The number of halogens is 2. The molecule has 2 aromatic carbocycles. The van der Waals surface area contributed by atoms with Crippen molar-refractivity contribution in [2.75, 3.05) is 12.4 Å². The highest BCUT2D eigenvalue weighted by Crippen LogP contribution is 2.41. The normalized spacial score (nSPS) is 10.6. The van der Waals surface area contributed by atoms with E-state index in [0.717, 1.165) is 15.1 Å². The predicted molar refractivity (Wildman–Crippen MR) is 123 cm³/mol. The molecule has 0 saturated carbocycles. The van der Waals surface area contributed by atoms with Gasteiger partial charge in [0.1, 0.15) is 11.8 Å². The summed E-state index contributed by atoms with van der Waals surface area (Å²) in [4.78, 5) is 16.4. The molecule has 0 unspecified atom stereocenters. The molecule has 0 radical (unpaired) electrons. The molecule has 0 bridgehead atoms. The fourth-order valence-corrected chi connectivity index (χ4v) is 4.65. The second-order valence-electron chi connectivity index (χ2n) is 6.46. The fourth-order valence-electron chi connectivity index (χ4n) is 3.02. The van der Waals surface area contributed by atoms with Gasteiger partial charge in [0.05, 0.1) is 49.9 Å². The molecule has 0 aliphatic carbocycles. The Labute approximate surface area is 191 Å². The number of hydrogen-bond donors (Lipinski definition) is 2. The van der Waals surface area contributed by atoms with Gasteiger partial charge in [-0.3, -0.25) is 4.98 Å². The number of aromatic nitrogens is 1. The Morgan fingerprint density at radius 2 is 1.94 bits per heavy atom. The van der Waals surface area contributed by atoms with Gasteiger partial charge in [0.15, 0.2) is 0 Å². The lowest BCUT2D eigenvalue weighted by Crippen LogP contribution is -1.97. The Morgan fingerprint density at radius 3 is 2.58 bits per heavy atom. The van der Waals surface area contributed by atoms with Gasteiger partial charge in [0.2, 0.25) is 0 Å². The van der Waals surface area contributed by atoms with E-state index in [2.05, 4.69) is 16.4 Å². The number of carboxylic acid groups (broad SMARTS) is 1. The number of aromatic carboxylic acids is 1. The summed E-state index contributed by atoms with van der Waals surface area (Å²) in [6.07, 6.45) is 1.50. The molecule has 0 spiro atoms. The van der Waals surface area contributed by atoms with Gasteiger partial charge in [0, 0.05) is 17.1 Å². The number of rotatable bonds is 5. The molecule has 4 aromatic rings. The monoisotopic (exact) mass is 469 g/mol. The molecule has 154 valence electrons. The number of nitrogens with one attached hydrogen (secondary N) is 1. The van der Waals surface area contributed by atoms with E-state index in [0.29, 0.717) is 38.2 Å². The van der Waals surface area contributed by atoms with Crippen LogP contribution in [-0.2, 0) is 0 Å². The molecular formula is C22H13Cl2N3O3S. The summed E-state index contributed by atoms with van der Waals surface area (Å²) < 4.78 is 6.03. The number of pyridine rings is 1. The number of carboxylic acids is 1. The Bertz CT molecular complexity index is 1360. The lowest BCUT2D eigenvalue weighted by Gasteiger charge is -2.13. The second-order valence-corrected chi connectivity index (χ2v) is 8.32. The molecule has 9 heteroatoms. The smallest absolute Gasteiger partial charge is 0.335 e. The van der Waals surface area contributed by atoms with E-state index >= 15 is 0 Å². The lowest BCUT2D eigenvalue weighted by molar-refractivity contribution is 0.0697. The summed E-state index contributed by atoms with van der Waals surface area (Å²) in [6.45, 7) is 0. The van der Waals surface area contributed by atoms with Crippen molar-refractivity contribution < 1.29 is 14.6 Å². The number of hydrogen-bond acceptors (Lipinski definition) is 6. The number of methoxy groups -OCH3 is 1. The maximum absolute atomic E-state index is 11.1. The van der Waals surface area contributed by atoms with Crippen LogP contribution in [-0.4, -0.2) is 23.2 Å². The number of fused-ring (bicyclic) bond motifs is 1. The summed E-state index contributed by atoms with van der Waals surface area (Å²) in [6, 6.07) is 13.9. The third-order valence-electron chi connectivity index (χ3n) is 4.58. The molecule has 0 aliphatic heterocycles. The maximum Gasteiger partial charge on any atom is 0.335 e. The Morgan fingerprint density at radius 1 is 1.19 bits per heavy atom. The minimum absolute atomic E-state index is 0.212. The van der Waals surface area contributed by atoms with Crippen LogP contribution >= 0.6 is 34.5 Å². The Balaban J connectivity index is 1.82. The summed E-state index contributed by atoms with van der Waals surface area (Å²) in [5, 5.41) is 22.7. The molecular weight excluding hydrogens is 457 g/mol. The highest BCUT2D eigenvalue weighted by Gasteiger charge is 2.16. The number of nitrogens with zero attached hydrogens (tertiary/aromatic N) is 2. The van der Waals surface area contributed by atoms with Crippen LogP contribution in [0.4, 0.5) is 11.4 Å². The zero-order valence-corrected chi connectivity index (χ0v) is 18.3. The van der Waals surface area contributed by atoms with Crippen LogP contribution in [0.25, 0.3) is 20.7 Å². The van der Waals surface area contributed by atoms with Gasteiger partial charge in [-0.25, -0.2) is 4.79 Å². The van der Waals surface area contributed by atoms with E-state index in [-0.39, 0.29) is 5.56 Å². The van der Waals surface area contributed by atoms with Crippen molar-refractivity contribution in [3.8, 4) is 22.3 Å². The van der Waals surface area contributed by atoms with Crippen molar-refractivity contribution in [2.45, 2.75) is 0 Å². The molecule has 0 saturated heterocycles. The molecule has 6 nitrogen and oxygen atoms in total. The molecule has 2 aromatic heterocycles. The van der Waals surface area contributed by atoms with Crippen LogP contribution in [0.2, 0.25) is 10.0 Å². The van der Waals surface area contributed by atoms with Crippen molar-refractivity contribution in [2.24, 2.45) is 0 Å². The first-order valence-corrected chi connectivity index (χ1v) is 10.4. The van der Waals surface area contributed by atoms with E-state index in [1.165, 1.54) is 24.6 Å². The molecule has 31 heavy (non-hydrogen) atoms. The fraction of sp³-hybridized carbons (Fsp3) is 0.0455. The summed E-state index contributed by atoms with van der Waals surface area (Å²) in [5.74, 6) is -0.534. The van der Waals surface area contributed by atoms with Crippen molar-refractivity contribution in [3.05, 3.63) is 69.8 Å². The molecule has 2 N–H and O–H groups in total. The van der Waals surface area contributed by atoms with E-state index < -0.39 is 5.97 Å². The Kier molecular flexibility index (Phi) is 5.70. The van der Waals surface area contributed by atoms with E-state index in [1.807, 2.05) is 6.07 Å². The van der Waals surface area contributed by atoms with Crippen molar-refractivity contribution >= 4 is 62.1 Å². The topological polar surface area (TPSA) is 95.2 Å². The zero-order valence-electron chi connectivity index (χ0n) is 15.9. The first-order chi connectivity index (χ1) is 14.9. The highest BCUT2D eigenvalue weighted by molar-refractivity contribution is 7.22. The zero-order chi connectivity index (χ0) is 22.1. The average Bonchev–Trinajstić information content (AvgIpc) is 3.20. The van der Waals surface area contributed by atoms with Crippen molar-refractivity contribution in [3.63, 3.8) is 0 Å². The van der Waals surface area contributed by atoms with Gasteiger partial charge in [-0.2, -0.15) is 5.26 Å². The first kappa shape index (κ1) is 20.9. The van der Waals surface area contributed by atoms with Gasteiger partial charge in [-0.05, 0) is 29.8 Å². The number of anilines is 2. The summed E-state index contributed by atoms with van der Waals surface area (Å²) >= 11 is 13.9. The number of benzene rings is 2. The largest absolute Gasteiger partial charge is 0.495 e. The van der Waals surface area contributed by atoms with Gasteiger partial charge in [-0.1, -0.05) is 35.3 Å². The van der Waals surface area contributed by atoms with E-state index in [9.17, 15) is 10.1 Å². The predicted octanol–water partition coefficient (Wildman–Crippen LogP) is 6.59. The molecule has 4 rings (SSSR count). The van der Waals surface area contributed by atoms with Crippen molar-refractivity contribution in [1.29, 1.82) is 5.26 Å². The number of ether oxygens (including phenoxy) is 1. The van der Waals surface area contributed by atoms with Gasteiger partial charge in [0.25, 0.3) is 0 Å².